The molecule has 1 atom stereocenters. The van der Waals surface area contributed by atoms with Gasteiger partial charge in [-0.3, -0.25) is 9.59 Å². The maximum absolute atomic E-state index is 13.1. The van der Waals surface area contributed by atoms with E-state index in [0.29, 0.717) is 32.1 Å². The van der Waals surface area contributed by atoms with E-state index >= 15 is 0 Å². The summed E-state index contributed by atoms with van der Waals surface area (Å²) in [5, 5.41) is 9.02. The molecule has 1 aromatic carbocycles. The highest BCUT2D eigenvalue weighted by atomic mass is 32.2. The van der Waals surface area contributed by atoms with Gasteiger partial charge in [-0.05, 0) is 62.8 Å². The number of hydrogen-bond donors (Lipinski definition) is 3. The first-order valence-electron chi connectivity index (χ1n) is 10.5. The molecule has 8 nitrogen and oxygen atoms in total. The lowest BCUT2D eigenvalue weighted by molar-refractivity contribution is -0.139. The minimum atomic E-state index is -4.48. The Bertz CT molecular complexity index is 946. The minimum Gasteiger partial charge on any atom is -0.435 e. The molecule has 3 amide bonds. The van der Waals surface area contributed by atoms with E-state index in [4.69, 9.17) is 4.74 Å². The zero-order valence-corrected chi connectivity index (χ0v) is 18.9. The van der Waals surface area contributed by atoms with Crippen LogP contribution in [0.5, 0.6) is 0 Å². The van der Waals surface area contributed by atoms with Gasteiger partial charge in [0.1, 0.15) is 5.71 Å². The molecule has 0 radical (unpaired) electrons. The van der Waals surface area contributed by atoms with Crippen LogP contribution in [-0.2, 0) is 14.3 Å². The topological polar surface area (TPSA) is 109 Å². The molecular formula is C21H25F3N4O4S. The van der Waals surface area contributed by atoms with Gasteiger partial charge in [0.2, 0.25) is 0 Å². The van der Waals surface area contributed by atoms with Crippen molar-refractivity contribution in [2.45, 2.75) is 61.1 Å². The Morgan fingerprint density at radius 2 is 1.94 bits per heavy atom. The third-order valence-corrected chi connectivity index (χ3v) is 6.56. The number of alkyl halides is 3. The second kappa shape index (κ2) is 10.0. The van der Waals surface area contributed by atoms with Crippen molar-refractivity contribution < 1.29 is 32.3 Å². The second-order valence-corrected chi connectivity index (χ2v) is 9.24. The molecule has 0 saturated heterocycles. The molecular weight excluding hydrogens is 461 g/mol. The monoisotopic (exact) mass is 486 g/mol. The van der Waals surface area contributed by atoms with Crippen molar-refractivity contribution >= 4 is 35.4 Å². The molecule has 33 heavy (non-hydrogen) atoms. The molecule has 12 heteroatoms. The molecule has 1 fully saturated rings. The maximum Gasteiger partial charge on any atom is 0.446 e. The molecule has 1 aromatic rings. The Kier molecular flexibility index (Phi) is 7.55. The number of halogens is 3. The number of hydrazone groups is 1. The third-order valence-electron chi connectivity index (χ3n) is 5.76. The van der Waals surface area contributed by atoms with Gasteiger partial charge in [0, 0.05) is 23.5 Å². The molecule has 3 N–H and O–H groups in total. The fourth-order valence-corrected chi connectivity index (χ4v) is 4.98. The summed E-state index contributed by atoms with van der Waals surface area (Å²) in [6, 6.07) is 5.78. The van der Waals surface area contributed by atoms with Crippen molar-refractivity contribution in [3.63, 3.8) is 0 Å². The highest BCUT2D eigenvalue weighted by Crippen LogP contribution is 2.44. The summed E-state index contributed by atoms with van der Waals surface area (Å²) in [5.41, 5.74) is -2.84. The summed E-state index contributed by atoms with van der Waals surface area (Å²) in [6.07, 6.45) is 1.85. The van der Waals surface area contributed by atoms with Crippen molar-refractivity contribution in [3.8, 4) is 0 Å². The van der Waals surface area contributed by atoms with Gasteiger partial charge < -0.3 is 15.4 Å². The zero-order chi connectivity index (χ0) is 24.2. The molecule has 1 aliphatic heterocycles. The van der Waals surface area contributed by atoms with Gasteiger partial charge in [-0.25, -0.2) is 10.2 Å². The van der Waals surface area contributed by atoms with Crippen LogP contribution in [0.3, 0.4) is 0 Å². The summed E-state index contributed by atoms with van der Waals surface area (Å²) < 4.78 is 44.9. The normalized spacial score (nSPS) is 23.7. The van der Waals surface area contributed by atoms with E-state index in [2.05, 4.69) is 21.2 Å². The zero-order valence-electron chi connectivity index (χ0n) is 18.1. The first-order chi connectivity index (χ1) is 15.5. The van der Waals surface area contributed by atoms with Crippen LogP contribution < -0.4 is 16.1 Å². The average molecular weight is 487 g/mol. The average Bonchev–Trinajstić information content (AvgIpc) is 2.74. The molecule has 1 aliphatic carbocycles. The lowest BCUT2D eigenvalue weighted by atomic mass is 9.73. The molecule has 0 bridgehead atoms. The molecule has 0 aromatic heterocycles. The number of nitrogens with one attached hydrogen (secondary N) is 3. The number of rotatable bonds is 5. The van der Waals surface area contributed by atoms with E-state index in [1.54, 1.807) is 13.0 Å². The predicted octanol–water partition coefficient (Wildman–Crippen LogP) is 3.31. The van der Waals surface area contributed by atoms with E-state index in [1.807, 2.05) is 0 Å². The number of nitrogens with zero attached hydrogens (tertiary/aromatic N) is 1. The molecule has 0 unspecified atom stereocenters. The number of likely N-dealkylation sites (N-methyl/N-ethyl adjacent to an activating group) is 1. The Hall–Kier alpha value is -2.76. The van der Waals surface area contributed by atoms with Crippen molar-refractivity contribution in [3.05, 3.63) is 29.8 Å². The Balaban J connectivity index is 1.74. The van der Waals surface area contributed by atoms with Gasteiger partial charge in [0.25, 0.3) is 0 Å². The van der Waals surface area contributed by atoms with E-state index in [9.17, 15) is 27.6 Å². The molecule has 3 rings (SSSR count). The quantitative estimate of drug-likeness (QED) is 0.437. The maximum atomic E-state index is 13.1. The van der Waals surface area contributed by atoms with Gasteiger partial charge in [-0.15, -0.1) is 0 Å². The molecule has 180 valence electrons. The number of carbonyl (C=O) groups excluding carboxylic acids is 3. The van der Waals surface area contributed by atoms with Crippen molar-refractivity contribution in [2.75, 3.05) is 7.05 Å². The van der Waals surface area contributed by atoms with Gasteiger partial charge in [0.05, 0.1) is 0 Å². The summed E-state index contributed by atoms with van der Waals surface area (Å²) >= 11 is -0.234. The van der Waals surface area contributed by atoms with Crippen LogP contribution in [-0.4, -0.2) is 47.8 Å². The number of thioether (sulfide) groups is 1. The lowest BCUT2D eigenvalue weighted by Crippen LogP contribution is -2.52. The van der Waals surface area contributed by atoms with Crippen LogP contribution in [0, 0.1) is 5.92 Å². The lowest BCUT2D eigenvalue weighted by Gasteiger charge is -2.42. The number of carbonyl (C=O) groups is 3. The van der Waals surface area contributed by atoms with Crippen LogP contribution in [0.15, 0.2) is 34.3 Å². The van der Waals surface area contributed by atoms with Crippen LogP contribution >= 0.6 is 11.8 Å². The van der Waals surface area contributed by atoms with Crippen LogP contribution in [0.2, 0.25) is 0 Å². The number of benzene rings is 1. The number of hydrogen-bond acceptors (Lipinski definition) is 6. The fraction of sp³-hybridized carbons (Fsp3) is 0.524. The number of ether oxygens (including phenoxy) is 1. The van der Waals surface area contributed by atoms with Gasteiger partial charge in [0.15, 0.2) is 5.60 Å². The van der Waals surface area contributed by atoms with E-state index in [1.165, 1.54) is 25.2 Å². The number of amides is 3. The Labute approximate surface area is 193 Å². The smallest absolute Gasteiger partial charge is 0.435 e. The summed E-state index contributed by atoms with van der Waals surface area (Å²) in [5.74, 6) is -1.26. The molecule has 1 spiro atoms. The van der Waals surface area contributed by atoms with E-state index in [-0.39, 0.29) is 39.9 Å². The van der Waals surface area contributed by atoms with Gasteiger partial charge in [-0.1, -0.05) is 18.2 Å². The van der Waals surface area contributed by atoms with Gasteiger partial charge >= 0.3 is 23.4 Å². The molecule has 1 saturated carbocycles. The first kappa shape index (κ1) is 24.9. The fourth-order valence-electron chi connectivity index (χ4n) is 4.31. The second-order valence-electron chi connectivity index (χ2n) is 8.13. The van der Waals surface area contributed by atoms with Crippen molar-refractivity contribution in [2.24, 2.45) is 11.0 Å². The van der Waals surface area contributed by atoms with E-state index in [0.717, 1.165) is 0 Å². The Morgan fingerprint density at radius 1 is 1.27 bits per heavy atom. The Morgan fingerprint density at radius 3 is 2.58 bits per heavy atom. The standard InChI is InChI=1S/C21H25F3N4O4S/c1-12(26-18(30)17(29)25-2)11-13-7-9-20(10-8-13)16(27-28-19(31)32-20)14-5-3-4-6-15(14)33-21(22,23)24/h3-6,12-13H,7-11H2,1-2H3,(H,25,29)(H,26,30)(H,28,31)/t12-,13?,20?/m0/s1. The highest BCUT2D eigenvalue weighted by molar-refractivity contribution is 8.00. The van der Waals surface area contributed by atoms with Crippen molar-refractivity contribution in [1.29, 1.82) is 0 Å². The minimum absolute atomic E-state index is 0.0180. The third kappa shape index (κ3) is 6.18. The highest BCUT2D eigenvalue weighted by Gasteiger charge is 2.47. The largest absolute Gasteiger partial charge is 0.446 e. The van der Waals surface area contributed by atoms with Crippen LogP contribution in [0.4, 0.5) is 18.0 Å². The van der Waals surface area contributed by atoms with Crippen LogP contribution in [0.1, 0.15) is 44.6 Å². The summed E-state index contributed by atoms with van der Waals surface area (Å²) in [6.45, 7) is 1.80. The van der Waals surface area contributed by atoms with E-state index < -0.39 is 29.0 Å². The molecule has 2 aliphatic rings. The predicted molar refractivity (Wildman–Crippen MR) is 115 cm³/mol. The summed E-state index contributed by atoms with van der Waals surface area (Å²) in [4.78, 5) is 35.1. The molecule has 1 heterocycles. The SMILES string of the molecule is CNC(=O)C(=O)N[C@@H](C)CC1CCC2(CC1)OC(=O)NN=C2c1ccccc1SC(F)(F)F. The van der Waals surface area contributed by atoms with Gasteiger partial charge in [-0.2, -0.15) is 18.3 Å². The van der Waals surface area contributed by atoms with Crippen molar-refractivity contribution in [1.82, 2.24) is 16.1 Å². The first-order valence-corrected chi connectivity index (χ1v) is 11.3. The summed E-state index contributed by atoms with van der Waals surface area (Å²) in [7, 11) is 1.37. The van der Waals surface area contributed by atoms with Crippen LogP contribution in [0.25, 0.3) is 0 Å².